The van der Waals surface area contributed by atoms with Crippen molar-refractivity contribution >= 4 is 32.3 Å². The van der Waals surface area contributed by atoms with Gasteiger partial charge in [0.2, 0.25) is 0 Å². The van der Waals surface area contributed by atoms with Crippen LogP contribution in [0.15, 0.2) is 72.8 Å². The van der Waals surface area contributed by atoms with E-state index in [1.165, 1.54) is 0 Å². The predicted molar refractivity (Wildman–Crippen MR) is 167 cm³/mol. The zero-order valence-corrected chi connectivity index (χ0v) is 25.0. The molecule has 7 aromatic rings. The number of hydrogen-bond acceptors (Lipinski definition) is 4. The molecule has 4 nitrogen and oxygen atoms in total. The van der Waals surface area contributed by atoms with E-state index in [4.69, 9.17) is 0 Å². The third kappa shape index (κ3) is 4.98. The second-order valence-corrected chi connectivity index (χ2v) is 11.6. The molecule has 2 heterocycles. The largest absolute Gasteiger partial charge is 0.416 e. The molecule has 0 N–H and O–H groups in total. The Morgan fingerprint density at radius 3 is 1.39 bits per heavy atom. The fraction of sp³-hybridized carbons (Fsp3) is 0.167. The maximum atomic E-state index is 14.0. The number of benzene rings is 5. The summed E-state index contributed by atoms with van der Waals surface area (Å²) in [4.78, 5) is 18.6. The van der Waals surface area contributed by atoms with Gasteiger partial charge in [0, 0.05) is 33.9 Å². The average Bonchev–Trinajstić information content (AvgIpc) is 2.97. The lowest BCUT2D eigenvalue weighted by molar-refractivity contribution is -0.143. The molecule has 5 aromatic carbocycles. The van der Waals surface area contributed by atoms with Crippen molar-refractivity contribution in [2.45, 2.75) is 40.0 Å². The summed E-state index contributed by atoms with van der Waals surface area (Å²) >= 11 is 0. The summed E-state index contributed by atoms with van der Waals surface area (Å²) in [6.07, 6.45) is -10.00. The number of aromatic nitrogens is 4. The number of hydrogen-bond donors (Lipinski definition) is 0. The minimum Gasteiger partial charge on any atom is -0.233 e. The van der Waals surface area contributed by atoms with Crippen LogP contribution in [0.1, 0.15) is 33.9 Å². The first-order valence-electron chi connectivity index (χ1n) is 14.4. The summed E-state index contributed by atoms with van der Waals surface area (Å²) in [6.45, 7) is 7.35. The summed E-state index contributed by atoms with van der Waals surface area (Å²) in [6, 6.07) is 18.2. The zero-order chi connectivity index (χ0) is 32.7. The van der Waals surface area contributed by atoms with Crippen molar-refractivity contribution in [1.29, 1.82) is 0 Å². The second-order valence-electron chi connectivity index (χ2n) is 11.6. The quantitative estimate of drug-likeness (QED) is 0.145. The molecule has 0 fully saturated rings. The van der Waals surface area contributed by atoms with Crippen molar-refractivity contribution in [2.75, 3.05) is 0 Å². The van der Waals surface area contributed by atoms with Gasteiger partial charge in [0.15, 0.2) is 11.6 Å². The van der Waals surface area contributed by atoms with Gasteiger partial charge in [-0.25, -0.2) is 19.9 Å². The number of halogens is 6. The molecule has 10 heteroatoms. The molecule has 0 aliphatic heterocycles. The average molecular weight is 627 g/mol. The molecule has 0 aliphatic rings. The molecule has 0 radical (unpaired) electrons. The normalized spacial score (nSPS) is 12.6. The van der Waals surface area contributed by atoms with Gasteiger partial charge in [-0.05, 0) is 114 Å². The maximum absolute atomic E-state index is 14.0. The van der Waals surface area contributed by atoms with E-state index in [9.17, 15) is 26.3 Å². The molecule has 0 spiro atoms. The standard InChI is InChI=1S/C36H24F6N4/c1-17-11-18(2)44-33(43-17)28-8-6-21-5-7-26-29(22-13-23(35(37,38)39)15-24(14-22)36(40,41)42)16-30(34-45-19(3)12-20(4)46-34)27-10-9-25(28)31(21)32(26)27/h5-16H,1-4H3. The van der Waals surface area contributed by atoms with E-state index < -0.39 is 23.5 Å². The van der Waals surface area contributed by atoms with E-state index in [0.29, 0.717) is 44.8 Å². The van der Waals surface area contributed by atoms with E-state index in [-0.39, 0.29) is 17.2 Å². The highest BCUT2D eigenvalue weighted by Crippen LogP contribution is 2.47. The highest BCUT2D eigenvalue weighted by molar-refractivity contribution is 6.29. The van der Waals surface area contributed by atoms with Crippen molar-refractivity contribution in [3.8, 4) is 33.9 Å². The minimum atomic E-state index is -5.00. The number of aryl methyl sites for hydroxylation is 4. The van der Waals surface area contributed by atoms with Crippen LogP contribution < -0.4 is 0 Å². The Bertz CT molecular complexity index is 2270. The van der Waals surface area contributed by atoms with E-state index >= 15 is 0 Å². The topological polar surface area (TPSA) is 51.6 Å². The zero-order valence-electron chi connectivity index (χ0n) is 25.0. The first-order chi connectivity index (χ1) is 21.7. The first-order valence-corrected chi connectivity index (χ1v) is 14.4. The van der Waals surface area contributed by atoms with Crippen molar-refractivity contribution in [3.05, 3.63) is 107 Å². The van der Waals surface area contributed by atoms with Crippen LogP contribution in [0.2, 0.25) is 0 Å². The van der Waals surface area contributed by atoms with Crippen LogP contribution in [0.5, 0.6) is 0 Å². The summed E-state index contributed by atoms with van der Waals surface area (Å²) in [5.41, 5.74) is 1.36. The Kier molecular flexibility index (Phi) is 6.56. The van der Waals surface area contributed by atoms with E-state index in [2.05, 4.69) is 19.9 Å². The lowest BCUT2D eigenvalue weighted by Crippen LogP contribution is -2.11. The van der Waals surface area contributed by atoms with Crippen LogP contribution in [-0.2, 0) is 12.4 Å². The molecule has 2 aromatic heterocycles. The summed E-state index contributed by atoms with van der Waals surface area (Å²) in [7, 11) is 0. The fourth-order valence-corrected chi connectivity index (χ4v) is 6.32. The molecule has 0 aliphatic carbocycles. The van der Waals surface area contributed by atoms with Gasteiger partial charge in [-0.1, -0.05) is 30.3 Å². The number of rotatable bonds is 3. The molecule has 46 heavy (non-hydrogen) atoms. The monoisotopic (exact) mass is 626 g/mol. The third-order valence-corrected chi connectivity index (χ3v) is 8.13. The third-order valence-electron chi connectivity index (χ3n) is 8.13. The molecule has 0 bridgehead atoms. The Labute approximate surface area is 259 Å². The molecule has 0 saturated heterocycles. The van der Waals surface area contributed by atoms with Crippen molar-refractivity contribution in [3.63, 3.8) is 0 Å². The first kappa shape index (κ1) is 29.6. The van der Waals surface area contributed by atoms with E-state index in [0.717, 1.165) is 45.2 Å². The SMILES string of the molecule is Cc1cc(C)nc(-c2ccc3ccc4c(-c5cc(C(F)(F)F)cc(C(F)(F)F)c5)cc(-c5nc(C)cc(C)n5)c5ccc2c3c45)n1. The summed E-state index contributed by atoms with van der Waals surface area (Å²) < 4.78 is 83.9. The minimum absolute atomic E-state index is 0.142. The molecule has 230 valence electrons. The Morgan fingerprint density at radius 2 is 0.870 bits per heavy atom. The highest BCUT2D eigenvalue weighted by Gasteiger charge is 2.37. The van der Waals surface area contributed by atoms with Gasteiger partial charge in [0.05, 0.1) is 11.1 Å². The predicted octanol–water partition coefficient (Wildman–Crippen LogP) is 10.4. The molecular weight excluding hydrogens is 602 g/mol. The lowest BCUT2D eigenvalue weighted by atomic mass is 9.85. The van der Waals surface area contributed by atoms with Crippen LogP contribution in [0.4, 0.5) is 26.3 Å². The Hall–Kier alpha value is -5.12. The van der Waals surface area contributed by atoms with Gasteiger partial charge in [-0.2, -0.15) is 26.3 Å². The fourth-order valence-electron chi connectivity index (χ4n) is 6.32. The molecule has 0 atom stereocenters. The summed E-state index contributed by atoms with van der Waals surface area (Å²) in [5.74, 6) is 0.832. The van der Waals surface area contributed by atoms with Gasteiger partial charge in [-0.15, -0.1) is 0 Å². The molecule has 0 unspecified atom stereocenters. The number of nitrogens with zero attached hydrogens (tertiary/aromatic N) is 4. The second kappa shape index (κ2) is 10.2. The van der Waals surface area contributed by atoms with Crippen LogP contribution in [0.25, 0.3) is 66.2 Å². The molecule has 0 amide bonds. The molecule has 7 rings (SSSR count). The smallest absolute Gasteiger partial charge is 0.233 e. The van der Waals surface area contributed by atoms with Gasteiger partial charge in [-0.3, -0.25) is 0 Å². The van der Waals surface area contributed by atoms with Gasteiger partial charge < -0.3 is 0 Å². The number of alkyl halides is 6. The van der Waals surface area contributed by atoms with Crippen molar-refractivity contribution in [2.24, 2.45) is 0 Å². The molecule has 0 saturated carbocycles. The van der Waals surface area contributed by atoms with E-state index in [1.807, 2.05) is 50.2 Å². The van der Waals surface area contributed by atoms with Crippen LogP contribution in [0.3, 0.4) is 0 Å². The Morgan fingerprint density at radius 1 is 0.435 bits per heavy atom. The van der Waals surface area contributed by atoms with Gasteiger partial charge >= 0.3 is 12.4 Å². The van der Waals surface area contributed by atoms with Crippen LogP contribution >= 0.6 is 0 Å². The van der Waals surface area contributed by atoms with Crippen LogP contribution in [-0.4, -0.2) is 19.9 Å². The van der Waals surface area contributed by atoms with Gasteiger partial charge in [0.1, 0.15) is 0 Å². The van der Waals surface area contributed by atoms with Crippen molar-refractivity contribution in [1.82, 2.24) is 19.9 Å². The molecular formula is C36H24F6N4. The van der Waals surface area contributed by atoms with Gasteiger partial charge in [0.25, 0.3) is 0 Å². The van der Waals surface area contributed by atoms with Crippen molar-refractivity contribution < 1.29 is 26.3 Å². The highest BCUT2D eigenvalue weighted by atomic mass is 19.4. The Balaban J connectivity index is 1.65. The lowest BCUT2D eigenvalue weighted by Gasteiger charge is -2.20. The van der Waals surface area contributed by atoms with Crippen LogP contribution in [0, 0.1) is 27.7 Å². The van der Waals surface area contributed by atoms with E-state index in [1.54, 1.807) is 32.0 Å². The summed E-state index contributed by atoms with van der Waals surface area (Å²) in [5, 5.41) is 4.29. The maximum Gasteiger partial charge on any atom is 0.416 e.